The van der Waals surface area contributed by atoms with Crippen LogP contribution < -0.4 is 5.32 Å². The van der Waals surface area contributed by atoms with Gasteiger partial charge in [-0.15, -0.1) is 0 Å². The van der Waals surface area contributed by atoms with Crippen molar-refractivity contribution in [2.45, 2.75) is 26.4 Å². The maximum absolute atomic E-state index is 12.8. The second-order valence-electron chi connectivity index (χ2n) is 4.29. The van der Waals surface area contributed by atoms with Gasteiger partial charge in [0.2, 0.25) is 0 Å². The first-order chi connectivity index (χ1) is 8.15. The number of halogens is 1. The van der Waals surface area contributed by atoms with E-state index in [0.717, 1.165) is 17.1 Å². The van der Waals surface area contributed by atoms with Gasteiger partial charge in [-0.2, -0.15) is 0 Å². The van der Waals surface area contributed by atoms with Crippen LogP contribution >= 0.6 is 0 Å². The molecule has 0 atom stereocenters. The van der Waals surface area contributed by atoms with Crippen molar-refractivity contribution in [1.82, 2.24) is 15.3 Å². The maximum Gasteiger partial charge on any atom is 0.123 e. The summed E-state index contributed by atoms with van der Waals surface area (Å²) >= 11 is 0. The Morgan fingerprint density at radius 2 is 2.00 bits per heavy atom. The summed E-state index contributed by atoms with van der Waals surface area (Å²) in [5, 5.41) is 3.28. The zero-order valence-corrected chi connectivity index (χ0v) is 10.00. The van der Waals surface area contributed by atoms with Crippen molar-refractivity contribution in [2.75, 3.05) is 0 Å². The molecular weight excluding hydrogens is 217 g/mol. The van der Waals surface area contributed by atoms with Crippen LogP contribution in [0.5, 0.6) is 0 Å². The summed E-state index contributed by atoms with van der Waals surface area (Å²) in [6.07, 6.45) is 1.77. The second-order valence-corrected chi connectivity index (χ2v) is 4.29. The monoisotopic (exact) mass is 233 g/mol. The fourth-order valence-corrected chi connectivity index (χ4v) is 1.53. The molecule has 90 valence electrons. The van der Waals surface area contributed by atoms with Gasteiger partial charge < -0.3 is 10.3 Å². The Morgan fingerprint density at radius 3 is 2.65 bits per heavy atom. The van der Waals surface area contributed by atoms with Gasteiger partial charge in [0.25, 0.3) is 0 Å². The fourth-order valence-electron chi connectivity index (χ4n) is 1.53. The van der Waals surface area contributed by atoms with E-state index in [1.165, 1.54) is 12.1 Å². The predicted octanol–water partition coefficient (Wildman–Crippen LogP) is 2.71. The molecule has 1 aromatic carbocycles. The van der Waals surface area contributed by atoms with E-state index in [2.05, 4.69) is 29.1 Å². The lowest BCUT2D eigenvalue weighted by Gasteiger charge is -2.04. The van der Waals surface area contributed by atoms with Gasteiger partial charge in [0.05, 0.1) is 18.4 Å². The van der Waals surface area contributed by atoms with E-state index in [4.69, 9.17) is 0 Å². The van der Waals surface area contributed by atoms with Crippen LogP contribution in [0.15, 0.2) is 30.5 Å². The zero-order valence-electron chi connectivity index (χ0n) is 10.00. The van der Waals surface area contributed by atoms with Crippen LogP contribution in [-0.4, -0.2) is 16.0 Å². The highest BCUT2D eigenvalue weighted by Gasteiger charge is 2.03. The van der Waals surface area contributed by atoms with Crippen LogP contribution in [0.3, 0.4) is 0 Å². The molecule has 0 aliphatic heterocycles. The van der Waals surface area contributed by atoms with Crippen molar-refractivity contribution in [3.05, 3.63) is 42.1 Å². The minimum absolute atomic E-state index is 0.227. The summed E-state index contributed by atoms with van der Waals surface area (Å²) in [6, 6.07) is 6.80. The summed E-state index contributed by atoms with van der Waals surface area (Å²) in [4.78, 5) is 7.48. The average molecular weight is 233 g/mol. The Balaban J connectivity index is 2.10. The van der Waals surface area contributed by atoms with Crippen molar-refractivity contribution in [1.29, 1.82) is 0 Å². The zero-order chi connectivity index (χ0) is 12.3. The molecule has 0 saturated heterocycles. The summed E-state index contributed by atoms with van der Waals surface area (Å²) in [5.74, 6) is 0.660. The van der Waals surface area contributed by atoms with Crippen LogP contribution in [0.25, 0.3) is 11.3 Å². The molecule has 2 N–H and O–H groups in total. The number of benzene rings is 1. The van der Waals surface area contributed by atoms with E-state index in [1.54, 1.807) is 18.3 Å². The number of nitrogens with zero attached hydrogens (tertiary/aromatic N) is 1. The number of rotatable bonds is 4. The van der Waals surface area contributed by atoms with E-state index in [1.807, 2.05) is 0 Å². The molecule has 0 aliphatic rings. The van der Waals surface area contributed by atoms with Gasteiger partial charge >= 0.3 is 0 Å². The number of aromatic amines is 1. The molecule has 0 saturated carbocycles. The summed E-state index contributed by atoms with van der Waals surface area (Å²) in [7, 11) is 0. The van der Waals surface area contributed by atoms with Gasteiger partial charge in [0.15, 0.2) is 0 Å². The number of hydrogen-bond acceptors (Lipinski definition) is 2. The van der Waals surface area contributed by atoms with Crippen LogP contribution in [0.4, 0.5) is 4.39 Å². The molecule has 4 heteroatoms. The quantitative estimate of drug-likeness (QED) is 0.852. The smallest absolute Gasteiger partial charge is 0.123 e. The number of H-pyrrole nitrogens is 1. The van der Waals surface area contributed by atoms with Gasteiger partial charge in [0.1, 0.15) is 11.6 Å². The molecule has 2 aromatic rings. The summed E-state index contributed by atoms with van der Waals surface area (Å²) in [5.41, 5.74) is 1.85. The molecule has 0 aliphatic carbocycles. The van der Waals surface area contributed by atoms with Gasteiger partial charge in [-0.1, -0.05) is 13.8 Å². The molecule has 0 radical (unpaired) electrons. The third-order valence-corrected chi connectivity index (χ3v) is 2.46. The van der Waals surface area contributed by atoms with E-state index < -0.39 is 0 Å². The van der Waals surface area contributed by atoms with E-state index in [9.17, 15) is 4.39 Å². The Kier molecular flexibility index (Phi) is 3.54. The summed E-state index contributed by atoms with van der Waals surface area (Å²) < 4.78 is 12.8. The number of nitrogens with one attached hydrogen (secondary N) is 2. The lowest BCUT2D eigenvalue weighted by Crippen LogP contribution is -2.22. The van der Waals surface area contributed by atoms with Crippen LogP contribution in [0, 0.1) is 5.82 Å². The predicted molar refractivity (Wildman–Crippen MR) is 66.0 cm³/mol. The van der Waals surface area contributed by atoms with Crippen molar-refractivity contribution >= 4 is 0 Å². The highest BCUT2D eigenvalue weighted by molar-refractivity contribution is 5.58. The number of imidazole rings is 1. The topological polar surface area (TPSA) is 40.7 Å². The minimum Gasteiger partial charge on any atom is -0.341 e. The first-order valence-electron chi connectivity index (χ1n) is 5.68. The molecule has 0 spiro atoms. The van der Waals surface area contributed by atoms with Crippen LogP contribution in [0.1, 0.15) is 19.7 Å². The summed E-state index contributed by atoms with van der Waals surface area (Å²) in [6.45, 7) is 4.88. The highest BCUT2D eigenvalue weighted by atomic mass is 19.1. The lowest BCUT2D eigenvalue weighted by molar-refractivity contribution is 0.575. The molecule has 0 amide bonds. The average Bonchev–Trinajstić information content (AvgIpc) is 2.76. The largest absolute Gasteiger partial charge is 0.341 e. The minimum atomic E-state index is -0.227. The molecule has 3 nitrogen and oxygen atoms in total. The molecule has 17 heavy (non-hydrogen) atoms. The van der Waals surface area contributed by atoms with Gasteiger partial charge in [0, 0.05) is 6.04 Å². The SMILES string of the molecule is CC(C)NCc1ncc(-c2ccc(F)cc2)[nH]1. The van der Waals surface area contributed by atoms with Crippen LogP contribution in [-0.2, 0) is 6.54 Å². The molecule has 0 unspecified atom stereocenters. The number of aromatic nitrogens is 2. The van der Waals surface area contributed by atoms with E-state index in [-0.39, 0.29) is 5.82 Å². The van der Waals surface area contributed by atoms with Crippen molar-refractivity contribution < 1.29 is 4.39 Å². The van der Waals surface area contributed by atoms with Crippen LogP contribution in [0.2, 0.25) is 0 Å². The first kappa shape index (κ1) is 11.8. The van der Waals surface area contributed by atoms with Crippen molar-refractivity contribution in [3.8, 4) is 11.3 Å². The third kappa shape index (κ3) is 3.14. The Labute approximate surface area is 100 Å². The Hall–Kier alpha value is -1.68. The maximum atomic E-state index is 12.8. The normalized spacial score (nSPS) is 11.1. The highest BCUT2D eigenvalue weighted by Crippen LogP contribution is 2.17. The molecule has 1 aromatic heterocycles. The third-order valence-electron chi connectivity index (χ3n) is 2.46. The number of hydrogen-bond donors (Lipinski definition) is 2. The molecule has 0 fully saturated rings. The van der Waals surface area contributed by atoms with E-state index >= 15 is 0 Å². The Bertz CT molecular complexity index is 474. The molecule has 2 rings (SSSR count). The van der Waals surface area contributed by atoms with Crippen molar-refractivity contribution in [3.63, 3.8) is 0 Å². The molecule has 0 bridgehead atoms. The van der Waals surface area contributed by atoms with Crippen molar-refractivity contribution in [2.24, 2.45) is 0 Å². The van der Waals surface area contributed by atoms with Gasteiger partial charge in [-0.25, -0.2) is 9.37 Å². The molecule has 1 heterocycles. The second kappa shape index (κ2) is 5.10. The van der Waals surface area contributed by atoms with E-state index in [0.29, 0.717) is 12.6 Å². The van der Waals surface area contributed by atoms with Gasteiger partial charge in [-0.05, 0) is 29.8 Å². The first-order valence-corrected chi connectivity index (χ1v) is 5.68. The lowest BCUT2D eigenvalue weighted by atomic mass is 10.2. The fraction of sp³-hybridized carbons (Fsp3) is 0.308. The Morgan fingerprint density at radius 1 is 1.29 bits per heavy atom. The molecular formula is C13H16FN3. The standard InChI is InChI=1S/C13H16FN3/c1-9(2)15-8-13-16-7-12(17-13)10-3-5-11(14)6-4-10/h3-7,9,15H,8H2,1-2H3,(H,16,17). The van der Waals surface area contributed by atoms with Gasteiger partial charge in [-0.3, -0.25) is 0 Å².